The molecule has 2 heterocycles. The van der Waals surface area contributed by atoms with Crippen LogP contribution >= 0.6 is 31.9 Å². The Hall–Kier alpha value is -0.790. The normalized spacial score (nSPS) is 12.7. The first-order chi connectivity index (χ1) is 8.63. The fourth-order valence-corrected chi connectivity index (χ4v) is 2.82. The largest absolute Gasteiger partial charge is 0.379 e. The second-order valence-electron chi connectivity index (χ2n) is 3.76. The van der Waals surface area contributed by atoms with Crippen LogP contribution in [0.2, 0.25) is 0 Å². The molecule has 0 aromatic carbocycles. The summed E-state index contributed by atoms with van der Waals surface area (Å²) in [5, 5.41) is 14.4. The number of hydrogen-bond acceptors (Lipinski definition) is 4. The van der Waals surface area contributed by atoms with E-state index >= 15 is 0 Å². The molecule has 2 aromatic rings. The van der Waals surface area contributed by atoms with Crippen LogP contribution in [0.1, 0.15) is 31.0 Å². The van der Waals surface area contributed by atoms with Crippen molar-refractivity contribution in [2.24, 2.45) is 0 Å². The average Bonchev–Trinajstić information content (AvgIpc) is 2.77. The third-order valence-corrected chi connectivity index (χ3v) is 3.49. The molecule has 0 aliphatic rings. The zero-order valence-corrected chi connectivity index (χ0v) is 12.9. The molecule has 0 fully saturated rings. The van der Waals surface area contributed by atoms with Gasteiger partial charge >= 0.3 is 0 Å². The highest BCUT2D eigenvalue weighted by Crippen LogP contribution is 2.27. The number of hydrogen-bond donors (Lipinski definition) is 1. The molecular weight excluding hydrogens is 364 g/mol. The van der Waals surface area contributed by atoms with Gasteiger partial charge in [0.05, 0.1) is 5.69 Å². The second kappa shape index (κ2) is 5.90. The van der Waals surface area contributed by atoms with Gasteiger partial charge in [-0.15, -0.1) is 0 Å². The van der Waals surface area contributed by atoms with Gasteiger partial charge in [-0.05, 0) is 44.3 Å². The van der Waals surface area contributed by atoms with Gasteiger partial charge < -0.3 is 5.11 Å². The van der Waals surface area contributed by atoms with E-state index in [9.17, 15) is 5.11 Å². The van der Waals surface area contributed by atoms with Crippen molar-refractivity contribution in [1.82, 2.24) is 19.7 Å². The van der Waals surface area contributed by atoms with Crippen LogP contribution in [-0.2, 0) is 6.54 Å². The molecule has 0 saturated carbocycles. The van der Waals surface area contributed by atoms with Crippen molar-refractivity contribution in [2.45, 2.75) is 26.0 Å². The maximum Gasteiger partial charge on any atom is 0.162 e. The van der Waals surface area contributed by atoms with Crippen LogP contribution in [0.5, 0.6) is 0 Å². The van der Waals surface area contributed by atoms with Gasteiger partial charge in [0.15, 0.2) is 11.9 Å². The highest BCUT2D eigenvalue weighted by molar-refractivity contribution is 9.11. The van der Waals surface area contributed by atoms with Gasteiger partial charge in [-0.25, -0.2) is 9.67 Å². The van der Waals surface area contributed by atoms with Crippen LogP contribution in [0.4, 0.5) is 0 Å². The fraction of sp³-hybridized carbons (Fsp3) is 0.364. The van der Waals surface area contributed by atoms with Crippen molar-refractivity contribution in [2.75, 3.05) is 0 Å². The Balaban J connectivity index is 2.35. The second-order valence-corrected chi connectivity index (χ2v) is 5.53. The van der Waals surface area contributed by atoms with Gasteiger partial charge in [0.1, 0.15) is 6.33 Å². The predicted molar refractivity (Wildman–Crippen MR) is 74.0 cm³/mol. The van der Waals surface area contributed by atoms with Gasteiger partial charge in [0.2, 0.25) is 0 Å². The third-order valence-electron chi connectivity index (χ3n) is 2.42. The maximum absolute atomic E-state index is 10.3. The molecule has 2 aromatic heterocycles. The average molecular weight is 376 g/mol. The SMILES string of the molecule is CCCn1ncnc1C(O)c1ncc(Br)cc1Br. The van der Waals surface area contributed by atoms with Crippen molar-refractivity contribution >= 4 is 31.9 Å². The number of halogens is 2. The Kier molecular flexibility index (Phi) is 4.47. The minimum Gasteiger partial charge on any atom is -0.379 e. The molecule has 0 saturated heterocycles. The molecule has 0 amide bonds. The highest BCUT2D eigenvalue weighted by Gasteiger charge is 2.20. The van der Waals surface area contributed by atoms with E-state index in [1.807, 2.05) is 13.0 Å². The molecule has 5 nitrogen and oxygen atoms in total. The van der Waals surface area contributed by atoms with E-state index in [1.165, 1.54) is 6.33 Å². The molecule has 2 rings (SSSR count). The molecule has 7 heteroatoms. The summed E-state index contributed by atoms with van der Waals surface area (Å²) in [6.45, 7) is 2.77. The predicted octanol–water partition coefficient (Wildman–Crippen LogP) is 2.69. The molecular formula is C11H12Br2N4O. The number of nitrogens with zero attached hydrogens (tertiary/aromatic N) is 4. The lowest BCUT2D eigenvalue weighted by molar-refractivity contribution is 0.196. The van der Waals surface area contributed by atoms with Crippen molar-refractivity contribution in [3.05, 3.63) is 39.1 Å². The van der Waals surface area contributed by atoms with Crippen LogP contribution < -0.4 is 0 Å². The molecule has 96 valence electrons. The first-order valence-corrected chi connectivity index (χ1v) is 7.08. The zero-order chi connectivity index (χ0) is 13.1. The molecule has 1 atom stereocenters. The summed E-state index contributed by atoms with van der Waals surface area (Å²) in [6, 6.07) is 1.84. The molecule has 0 aliphatic heterocycles. The van der Waals surface area contributed by atoms with Gasteiger partial charge in [0.25, 0.3) is 0 Å². The molecule has 0 bridgehead atoms. The molecule has 0 spiro atoms. The Morgan fingerprint density at radius 2 is 2.17 bits per heavy atom. The molecule has 18 heavy (non-hydrogen) atoms. The molecule has 1 unspecified atom stereocenters. The zero-order valence-electron chi connectivity index (χ0n) is 9.72. The lowest BCUT2D eigenvalue weighted by Crippen LogP contribution is -2.13. The first kappa shape index (κ1) is 13.6. The number of pyridine rings is 1. The lowest BCUT2D eigenvalue weighted by Gasteiger charge is -2.12. The van der Waals surface area contributed by atoms with Crippen molar-refractivity contribution < 1.29 is 5.11 Å². The van der Waals surface area contributed by atoms with Crippen LogP contribution in [0, 0.1) is 0 Å². The van der Waals surface area contributed by atoms with E-state index in [-0.39, 0.29) is 0 Å². The Labute approximate surface area is 122 Å². The fourth-order valence-electron chi connectivity index (χ4n) is 1.62. The topological polar surface area (TPSA) is 63.8 Å². The molecule has 0 radical (unpaired) electrons. The smallest absolute Gasteiger partial charge is 0.162 e. The van der Waals surface area contributed by atoms with Crippen molar-refractivity contribution in [3.63, 3.8) is 0 Å². The summed E-state index contributed by atoms with van der Waals surface area (Å²) in [5.41, 5.74) is 0.531. The maximum atomic E-state index is 10.3. The number of aromatic nitrogens is 4. The standard InChI is InChI=1S/C11H12Br2N4O/c1-2-3-17-11(15-6-16-17)10(18)9-8(13)4-7(12)5-14-9/h4-6,10,18H,2-3H2,1H3. The van der Waals surface area contributed by atoms with E-state index in [0.29, 0.717) is 11.5 Å². The van der Waals surface area contributed by atoms with Gasteiger partial charge in [-0.1, -0.05) is 6.92 Å². The monoisotopic (exact) mass is 374 g/mol. The minimum absolute atomic E-state index is 0.507. The van der Waals surface area contributed by atoms with Gasteiger partial charge in [0, 0.05) is 21.7 Å². The summed E-state index contributed by atoms with van der Waals surface area (Å²) in [4.78, 5) is 8.31. The van der Waals surface area contributed by atoms with E-state index in [4.69, 9.17) is 0 Å². The van der Waals surface area contributed by atoms with Crippen LogP contribution in [-0.4, -0.2) is 24.9 Å². The minimum atomic E-state index is -0.887. The Morgan fingerprint density at radius 3 is 2.83 bits per heavy atom. The number of aliphatic hydroxyl groups is 1. The van der Waals surface area contributed by atoms with Gasteiger partial charge in [-0.3, -0.25) is 4.98 Å². The van der Waals surface area contributed by atoms with Crippen molar-refractivity contribution in [1.29, 1.82) is 0 Å². The van der Waals surface area contributed by atoms with Crippen LogP contribution in [0.3, 0.4) is 0 Å². The summed E-state index contributed by atoms with van der Waals surface area (Å²) in [5.74, 6) is 0.507. The summed E-state index contributed by atoms with van der Waals surface area (Å²) in [6.07, 6.45) is 3.13. The quantitative estimate of drug-likeness (QED) is 0.892. The Morgan fingerprint density at radius 1 is 1.39 bits per heavy atom. The number of aliphatic hydroxyl groups excluding tert-OH is 1. The molecule has 0 aliphatic carbocycles. The highest BCUT2D eigenvalue weighted by atomic mass is 79.9. The van der Waals surface area contributed by atoms with Crippen LogP contribution in [0.15, 0.2) is 27.5 Å². The summed E-state index contributed by atoms with van der Waals surface area (Å²) in [7, 11) is 0. The lowest BCUT2D eigenvalue weighted by atomic mass is 10.2. The van der Waals surface area contributed by atoms with E-state index in [2.05, 4.69) is 46.9 Å². The van der Waals surface area contributed by atoms with Gasteiger partial charge in [-0.2, -0.15) is 5.10 Å². The number of aryl methyl sites for hydroxylation is 1. The van der Waals surface area contributed by atoms with Crippen molar-refractivity contribution in [3.8, 4) is 0 Å². The Bertz CT molecular complexity index is 544. The van der Waals surface area contributed by atoms with E-state index < -0.39 is 6.10 Å². The van der Waals surface area contributed by atoms with E-state index in [1.54, 1.807) is 10.9 Å². The summed E-state index contributed by atoms with van der Waals surface area (Å²) < 4.78 is 3.27. The number of rotatable bonds is 4. The van der Waals surface area contributed by atoms with E-state index in [0.717, 1.165) is 21.9 Å². The van der Waals surface area contributed by atoms with Crippen LogP contribution in [0.25, 0.3) is 0 Å². The first-order valence-electron chi connectivity index (χ1n) is 5.50. The summed E-state index contributed by atoms with van der Waals surface area (Å²) >= 11 is 6.71. The third kappa shape index (κ3) is 2.78. The molecule has 1 N–H and O–H groups in total.